The zero-order valence-corrected chi connectivity index (χ0v) is 6.85. The molecule has 0 bridgehead atoms. The minimum Gasteiger partial charge on any atom is -0.453 e. The lowest BCUT2D eigenvalue weighted by atomic mass is 10.5. The summed E-state index contributed by atoms with van der Waals surface area (Å²) in [6, 6.07) is 1.85. The monoisotopic (exact) mass is 172 g/mol. The first-order valence-corrected chi connectivity index (χ1v) is 3.81. The molecular weight excluding hydrogens is 164 g/mol. The molecule has 1 aromatic rings. The first-order valence-electron chi connectivity index (χ1n) is 3.04. The Morgan fingerprint density at radius 2 is 2.73 bits per heavy atom. The Hall–Kier alpha value is -1.10. The van der Waals surface area contributed by atoms with Gasteiger partial charge in [-0.1, -0.05) is 0 Å². The van der Waals surface area contributed by atoms with Gasteiger partial charge >= 0.3 is 6.09 Å². The van der Waals surface area contributed by atoms with Crippen molar-refractivity contribution in [3.05, 3.63) is 17.1 Å². The number of ether oxygens (including phenoxy) is 1. The molecule has 0 atom stereocenters. The van der Waals surface area contributed by atoms with Crippen molar-refractivity contribution in [2.24, 2.45) is 0 Å². The summed E-state index contributed by atoms with van der Waals surface area (Å²) >= 11 is 1.36. The SMILES string of the molecule is COC(=O)NCc1ccns1. The van der Waals surface area contributed by atoms with E-state index in [4.69, 9.17) is 0 Å². The van der Waals surface area contributed by atoms with E-state index in [1.807, 2.05) is 6.07 Å². The maximum Gasteiger partial charge on any atom is 0.407 e. The van der Waals surface area contributed by atoms with Gasteiger partial charge in [-0.15, -0.1) is 0 Å². The number of alkyl carbamates (subject to hydrolysis) is 1. The Kier molecular flexibility index (Phi) is 2.85. The number of rotatable bonds is 2. The summed E-state index contributed by atoms with van der Waals surface area (Å²) in [6.45, 7) is 0.483. The van der Waals surface area contributed by atoms with E-state index in [0.29, 0.717) is 6.54 Å². The van der Waals surface area contributed by atoms with E-state index in [2.05, 4.69) is 14.4 Å². The van der Waals surface area contributed by atoms with E-state index in [0.717, 1.165) is 4.88 Å². The Morgan fingerprint density at radius 1 is 1.91 bits per heavy atom. The number of nitrogens with one attached hydrogen (secondary N) is 1. The Bertz CT molecular complexity index is 222. The minimum absolute atomic E-state index is 0.418. The number of carbonyl (C=O) groups excluding carboxylic acids is 1. The molecule has 1 amide bonds. The van der Waals surface area contributed by atoms with Crippen molar-refractivity contribution in [1.29, 1.82) is 0 Å². The molecule has 1 N–H and O–H groups in total. The minimum atomic E-state index is -0.418. The summed E-state index contributed by atoms with van der Waals surface area (Å²) in [6.07, 6.45) is 1.28. The van der Waals surface area contributed by atoms with Gasteiger partial charge in [0.2, 0.25) is 0 Å². The van der Waals surface area contributed by atoms with Crippen LogP contribution in [0.1, 0.15) is 4.88 Å². The van der Waals surface area contributed by atoms with Crippen LogP contribution in [0.4, 0.5) is 4.79 Å². The summed E-state index contributed by atoms with van der Waals surface area (Å²) in [5.74, 6) is 0. The molecule has 1 rings (SSSR count). The fourth-order valence-electron chi connectivity index (χ4n) is 0.565. The predicted molar refractivity (Wildman–Crippen MR) is 41.4 cm³/mol. The summed E-state index contributed by atoms with van der Waals surface area (Å²) in [5, 5.41) is 2.54. The van der Waals surface area contributed by atoms with Gasteiger partial charge in [-0.2, -0.15) is 0 Å². The van der Waals surface area contributed by atoms with Crippen molar-refractivity contribution < 1.29 is 9.53 Å². The van der Waals surface area contributed by atoms with E-state index < -0.39 is 6.09 Å². The van der Waals surface area contributed by atoms with Gasteiger partial charge in [-0.25, -0.2) is 9.17 Å². The van der Waals surface area contributed by atoms with E-state index in [1.165, 1.54) is 18.6 Å². The van der Waals surface area contributed by atoms with Crippen LogP contribution in [0.3, 0.4) is 0 Å². The fourth-order valence-corrected chi connectivity index (χ4v) is 1.08. The van der Waals surface area contributed by atoms with E-state index in [-0.39, 0.29) is 0 Å². The Morgan fingerprint density at radius 3 is 3.27 bits per heavy atom. The quantitative estimate of drug-likeness (QED) is 0.724. The molecule has 0 spiro atoms. The highest BCUT2D eigenvalue weighted by Gasteiger charge is 1.98. The molecule has 5 heteroatoms. The molecule has 1 heterocycles. The van der Waals surface area contributed by atoms with Gasteiger partial charge in [0.15, 0.2) is 0 Å². The highest BCUT2D eigenvalue weighted by Crippen LogP contribution is 2.02. The molecule has 0 radical (unpaired) electrons. The van der Waals surface area contributed by atoms with Gasteiger partial charge in [-0.3, -0.25) is 0 Å². The van der Waals surface area contributed by atoms with Crippen molar-refractivity contribution in [2.75, 3.05) is 7.11 Å². The lowest BCUT2D eigenvalue weighted by Crippen LogP contribution is -2.21. The first kappa shape index (κ1) is 8.00. The van der Waals surface area contributed by atoms with Gasteiger partial charge < -0.3 is 10.1 Å². The number of amides is 1. The lowest BCUT2D eigenvalue weighted by Gasteiger charge is -1.99. The summed E-state index contributed by atoms with van der Waals surface area (Å²) < 4.78 is 8.26. The molecule has 0 aliphatic carbocycles. The number of methoxy groups -OCH3 is 1. The first-order chi connectivity index (χ1) is 5.33. The van der Waals surface area contributed by atoms with E-state index in [9.17, 15) is 4.79 Å². The second kappa shape index (κ2) is 3.92. The van der Waals surface area contributed by atoms with Crippen molar-refractivity contribution in [3.8, 4) is 0 Å². The maximum atomic E-state index is 10.6. The second-order valence-corrected chi connectivity index (χ2v) is 2.74. The summed E-state index contributed by atoms with van der Waals surface area (Å²) in [7, 11) is 1.34. The standard InChI is InChI=1S/C6H8N2O2S/c1-10-6(9)7-4-5-2-3-8-11-5/h2-3H,4H2,1H3,(H,7,9). The smallest absolute Gasteiger partial charge is 0.407 e. The van der Waals surface area contributed by atoms with Crippen LogP contribution in [-0.4, -0.2) is 17.6 Å². The average molecular weight is 172 g/mol. The molecular formula is C6H8N2O2S. The number of hydrogen-bond donors (Lipinski definition) is 1. The summed E-state index contributed by atoms with van der Waals surface area (Å²) in [5.41, 5.74) is 0. The van der Waals surface area contributed by atoms with Crippen LogP contribution >= 0.6 is 11.5 Å². The molecule has 4 nitrogen and oxygen atoms in total. The number of aromatic nitrogens is 1. The van der Waals surface area contributed by atoms with Gasteiger partial charge in [0.1, 0.15) is 0 Å². The van der Waals surface area contributed by atoms with Crippen molar-refractivity contribution >= 4 is 17.6 Å². The maximum absolute atomic E-state index is 10.6. The van der Waals surface area contributed by atoms with Gasteiger partial charge in [0, 0.05) is 11.1 Å². The molecule has 0 aliphatic rings. The van der Waals surface area contributed by atoms with E-state index >= 15 is 0 Å². The molecule has 1 aromatic heterocycles. The third-order valence-electron chi connectivity index (χ3n) is 1.08. The number of nitrogens with zero attached hydrogens (tertiary/aromatic N) is 1. The topological polar surface area (TPSA) is 51.2 Å². The molecule has 11 heavy (non-hydrogen) atoms. The van der Waals surface area contributed by atoms with E-state index in [1.54, 1.807) is 6.20 Å². The molecule has 60 valence electrons. The van der Waals surface area contributed by atoms with Crippen molar-refractivity contribution in [1.82, 2.24) is 9.69 Å². The van der Waals surface area contributed by atoms with Crippen LogP contribution in [-0.2, 0) is 11.3 Å². The predicted octanol–water partition coefficient (Wildman–Crippen LogP) is 0.999. The van der Waals surface area contributed by atoms with Crippen LogP contribution in [0.5, 0.6) is 0 Å². The molecule has 0 fully saturated rings. The van der Waals surface area contributed by atoms with Gasteiger partial charge in [-0.05, 0) is 17.6 Å². The Balaban J connectivity index is 2.29. The zero-order chi connectivity index (χ0) is 8.10. The normalized spacial score (nSPS) is 9.18. The molecule has 0 aliphatic heterocycles. The Labute approximate surface area is 68.4 Å². The number of carbonyl (C=O) groups is 1. The third kappa shape index (κ3) is 2.55. The lowest BCUT2D eigenvalue weighted by molar-refractivity contribution is 0.170. The van der Waals surface area contributed by atoms with Crippen LogP contribution < -0.4 is 5.32 Å². The third-order valence-corrected chi connectivity index (χ3v) is 1.83. The van der Waals surface area contributed by atoms with Crippen molar-refractivity contribution in [2.45, 2.75) is 6.54 Å². The average Bonchev–Trinajstić information content (AvgIpc) is 2.52. The molecule has 0 aromatic carbocycles. The highest BCUT2D eigenvalue weighted by molar-refractivity contribution is 7.05. The van der Waals surface area contributed by atoms with Gasteiger partial charge in [0.25, 0.3) is 0 Å². The van der Waals surface area contributed by atoms with Crippen molar-refractivity contribution in [3.63, 3.8) is 0 Å². The van der Waals surface area contributed by atoms with Crippen LogP contribution in [0, 0.1) is 0 Å². The summed E-state index contributed by atoms with van der Waals surface area (Å²) in [4.78, 5) is 11.6. The van der Waals surface area contributed by atoms with Gasteiger partial charge in [0.05, 0.1) is 13.7 Å². The second-order valence-electron chi connectivity index (χ2n) is 1.82. The van der Waals surface area contributed by atoms with Crippen LogP contribution in [0.2, 0.25) is 0 Å². The van der Waals surface area contributed by atoms with Crippen LogP contribution in [0.15, 0.2) is 12.3 Å². The van der Waals surface area contributed by atoms with Crippen LogP contribution in [0.25, 0.3) is 0 Å². The number of hydrogen-bond acceptors (Lipinski definition) is 4. The fraction of sp³-hybridized carbons (Fsp3) is 0.333. The largest absolute Gasteiger partial charge is 0.453 e. The molecule has 0 unspecified atom stereocenters. The molecule has 0 saturated heterocycles. The highest BCUT2D eigenvalue weighted by atomic mass is 32.1. The molecule has 0 saturated carbocycles. The zero-order valence-electron chi connectivity index (χ0n) is 6.03.